The van der Waals surface area contributed by atoms with Gasteiger partial charge in [0.25, 0.3) is 4.96 Å². The molecule has 0 aliphatic heterocycles. The highest BCUT2D eigenvalue weighted by Crippen LogP contribution is 2.28. The van der Waals surface area contributed by atoms with Crippen LogP contribution in [0.25, 0.3) is 4.96 Å². The number of fused-ring (bicyclic) bond motifs is 1. The van der Waals surface area contributed by atoms with E-state index in [2.05, 4.69) is 15.3 Å². The molecule has 3 rings (SSSR count). The highest BCUT2D eigenvalue weighted by molar-refractivity contribution is 7.15. The number of hydrogen-bond donors (Lipinski definition) is 1. The molecule has 3 aromatic heterocycles. The van der Waals surface area contributed by atoms with E-state index in [9.17, 15) is 10.1 Å². The Balaban J connectivity index is 1.82. The van der Waals surface area contributed by atoms with Gasteiger partial charge in [0.15, 0.2) is 0 Å². The minimum Gasteiger partial charge on any atom is -0.362 e. The highest BCUT2D eigenvalue weighted by Gasteiger charge is 2.23. The first-order valence-electron chi connectivity index (χ1n) is 5.90. The molecule has 1 atom stereocenters. The molecule has 3 aromatic rings. The quantitative estimate of drug-likeness (QED) is 0.578. The largest absolute Gasteiger partial charge is 0.372 e. The average molecular weight is 309 g/mol. The van der Waals surface area contributed by atoms with Crippen LogP contribution in [-0.2, 0) is 0 Å². The molecule has 0 saturated heterocycles. The topological polar surface area (TPSA) is 85.4 Å². The minimum absolute atomic E-state index is 0.0208. The Hall–Kier alpha value is -2.00. The number of rotatable bonds is 5. The molecule has 1 N–H and O–H groups in total. The summed E-state index contributed by atoms with van der Waals surface area (Å²) < 4.78 is 1.49. The summed E-state index contributed by atoms with van der Waals surface area (Å²) in [5.74, 6) is 0.465. The van der Waals surface area contributed by atoms with E-state index in [1.807, 2.05) is 12.3 Å². The Morgan fingerprint density at radius 3 is 3.05 bits per heavy atom. The third-order valence-electron chi connectivity index (χ3n) is 2.86. The van der Waals surface area contributed by atoms with Crippen LogP contribution in [0.2, 0.25) is 0 Å². The highest BCUT2D eigenvalue weighted by atomic mass is 32.1. The van der Waals surface area contributed by atoms with E-state index in [1.54, 1.807) is 29.1 Å². The molecule has 0 amide bonds. The lowest BCUT2D eigenvalue weighted by Crippen LogP contribution is -2.11. The second kappa shape index (κ2) is 5.17. The fraction of sp³-hybridized carbons (Fsp3) is 0.273. The van der Waals surface area contributed by atoms with Crippen molar-refractivity contribution >= 4 is 39.3 Å². The zero-order valence-corrected chi connectivity index (χ0v) is 12.1. The molecule has 20 heavy (non-hydrogen) atoms. The summed E-state index contributed by atoms with van der Waals surface area (Å²) in [7, 11) is 0. The monoisotopic (exact) mass is 309 g/mol. The van der Waals surface area contributed by atoms with E-state index in [0.29, 0.717) is 17.3 Å². The first kappa shape index (κ1) is 13.0. The number of anilines is 1. The summed E-state index contributed by atoms with van der Waals surface area (Å²) in [6.07, 6.45) is 3.41. The number of nitro groups is 1. The van der Waals surface area contributed by atoms with Crippen LogP contribution in [0.15, 0.2) is 23.2 Å². The molecule has 0 fully saturated rings. The SMILES string of the molecule is CC(CNc1nc2sccn2c1[N+](=O)[O-])c1nccs1. The van der Waals surface area contributed by atoms with Gasteiger partial charge < -0.3 is 15.4 Å². The van der Waals surface area contributed by atoms with Crippen molar-refractivity contribution in [1.82, 2.24) is 14.4 Å². The van der Waals surface area contributed by atoms with Crippen molar-refractivity contribution < 1.29 is 4.92 Å². The molecule has 104 valence electrons. The van der Waals surface area contributed by atoms with Gasteiger partial charge in [-0.15, -0.1) is 11.3 Å². The van der Waals surface area contributed by atoms with Gasteiger partial charge >= 0.3 is 5.82 Å². The van der Waals surface area contributed by atoms with Gasteiger partial charge in [-0.2, -0.15) is 9.38 Å². The fourth-order valence-corrected chi connectivity index (χ4v) is 3.29. The molecular weight excluding hydrogens is 298 g/mol. The minimum atomic E-state index is -0.414. The van der Waals surface area contributed by atoms with Crippen LogP contribution in [0.3, 0.4) is 0 Å². The van der Waals surface area contributed by atoms with Gasteiger partial charge in [0.2, 0.25) is 5.82 Å². The van der Waals surface area contributed by atoms with E-state index in [1.165, 1.54) is 15.7 Å². The molecule has 0 aromatic carbocycles. The molecule has 0 saturated carbocycles. The number of thiazole rings is 2. The van der Waals surface area contributed by atoms with Crippen molar-refractivity contribution in [3.05, 3.63) is 38.3 Å². The zero-order valence-electron chi connectivity index (χ0n) is 10.5. The van der Waals surface area contributed by atoms with Crippen LogP contribution in [0.4, 0.5) is 11.6 Å². The summed E-state index contributed by atoms with van der Waals surface area (Å²) >= 11 is 2.94. The molecule has 9 heteroatoms. The van der Waals surface area contributed by atoms with E-state index >= 15 is 0 Å². The van der Waals surface area contributed by atoms with Crippen molar-refractivity contribution in [2.45, 2.75) is 12.8 Å². The Bertz CT molecular complexity index is 733. The fourth-order valence-electron chi connectivity index (χ4n) is 1.88. The van der Waals surface area contributed by atoms with Crippen LogP contribution in [0.1, 0.15) is 17.8 Å². The maximum Gasteiger partial charge on any atom is 0.372 e. The van der Waals surface area contributed by atoms with Crippen LogP contribution < -0.4 is 5.32 Å². The molecule has 0 aliphatic carbocycles. The van der Waals surface area contributed by atoms with Gasteiger partial charge in [-0.3, -0.25) is 0 Å². The van der Waals surface area contributed by atoms with Gasteiger partial charge in [0.1, 0.15) is 6.20 Å². The zero-order chi connectivity index (χ0) is 14.1. The van der Waals surface area contributed by atoms with Gasteiger partial charge in [0, 0.05) is 29.4 Å². The predicted molar refractivity (Wildman–Crippen MR) is 78.7 cm³/mol. The Morgan fingerprint density at radius 2 is 2.35 bits per heavy atom. The Morgan fingerprint density at radius 1 is 1.50 bits per heavy atom. The van der Waals surface area contributed by atoms with Gasteiger partial charge in [0.05, 0.1) is 5.01 Å². The van der Waals surface area contributed by atoms with Crippen LogP contribution in [-0.4, -0.2) is 25.8 Å². The number of nitrogens with one attached hydrogen (secondary N) is 1. The van der Waals surface area contributed by atoms with Crippen molar-refractivity contribution in [1.29, 1.82) is 0 Å². The first-order valence-corrected chi connectivity index (χ1v) is 7.66. The normalized spacial score (nSPS) is 12.7. The molecule has 0 radical (unpaired) electrons. The predicted octanol–water partition coefficient (Wildman–Crippen LogP) is 2.98. The lowest BCUT2D eigenvalue weighted by atomic mass is 10.2. The third-order valence-corrected chi connectivity index (χ3v) is 4.62. The lowest BCUT2D eigenvalue weighted by Gasteiger charge is -2.08. The van der Waals surface area contributed by atoms with Crippen molar-refractivity contribution in [3.8, 4) is 0 Å². The third kappa shape index (κ3) is 2.25. The number of aromatic nitrogens is 3. The van der Waals surface area contributed by atoms with E-state index < -0.39 is 4.92 Å². The maximum atomic E-state index is 11.2. The number of imidazole rings is 1. The van der Waals surface area contributed by atoms with Crippen molar-refractivity contribution in [2.75, 3.05) is 11.9 Å². The maximum absolute atomic E-state index is 11.2. The Kier molecular flexibility index (Phi) is 3.36. The standard InChI is InChI=1S/C11H11N5O2S2/c1-7(9-12-2-4-19-9)6-13-8-10(16(17)18)15-3-5-20-11(15)14-8/h2-5,7,13H,6H2,1H3. The molecule has 0 aliphatic rings. The molecule has 7 nitrogen and oxygen atoms in total. The van der Waals surface area contributed by atoms with Gasteiger partial charge in [-0.25, -0.2) is 4.98 Å². The van der Waals surface area contributed by atoms with Crippen LogP contribution >= 0.6 is 22.7 Å². The molecule has 3 heterocycles. The van der Waals surface area contributed by atoms with Crippen LogP contribution in [0.5, 0.6) is 0 Å². The molecular formula is C11H11N5O2S2. The van der Waals surface area contributed by atoms with E-state index in [-0.39, 0.29) is 11.7 Å². The second-order valence-corrected chi connectivity index (χ2v) is 6.05. The summed E-state index contributed by atoms with van der Waals surface area (Å²) in [4.78, 5) is 19.9. The van der Waals surface area contributed by atoms with Gasteiger partial charge in [-0.05, 0) is 4.92 Å². The molecule has 0 bridgehead atoms. The summed E-state index contributed by atoms with van der Waals surface area (Å²) in [5.41, 5.74) is 0. The average Bonchev–Trinajstić information content (AvgIpc) is 3.10. The summed E-state index contributed by atoms with van der Waals surface area (Å²) in [6.45, 7) is 2.58. The molecule has 0 spiro atoms. The second-order valence-electron chi connectivity index (χ2n) is 4.25. The number of nitrogens with zero attached hydrogens (tertiary/aromatic N) is 4. The summed E-state index contributed by atoms with van der Waals surface area (Å²) in [5, 5.41) is 18.9. The van der Waals surface area contributed by atoms with Crippen molar-refractivity contribution in [3.63, 3.8) is 0 Å². The molecule has 1 unspecified atom stereocenters. The lowest BCUT2D eigenvalue weighted by molar-refractivity contribution is -0.389. The first-order chi connectivity index (χ1) is 9.66. The van der Waals surface area contributed by atoms with Crippen LogP contribution in [0, 0.1) is 10.1 Å². The van der Waals surface area contributed by atoms with E-state index in [4.69, 9.17) is 0 Å². The number of hydrogen-bond acceptors (Lipinski definition) is 7. The smallest absolute Gasteiger partial charge is 0.362 e. The van der Waals surface area contributed by atoms with E-state index in [0.717, 1.165) is 5.01 Å². The summed E-state index contributed by atoms with van der Waals surface area (Å²) in [6, 6.07) is 0. The van der Waals surface area contributed by atoms with Crippen molar-refractivity contribution in [2.24, 2.45) is 0 Å². The Labute approximate surface area is 122 Å². The van der Waals surface area contributed by atoms with Gasteiger partial charge in [-0.1, -0.05) is 18.3 Å².